The van der Waals surface area contributed by atoms with Gasteiger partial charge in [0.05, 0.1) is 48.1 Å². The maximum Gasteiger partial charge on any atom is 0.330 e. The minimum atomic E-state index is -2.70. The quantitative estimate of drug-likeness (QED) is 0.0301. The molecule has 21 heteroatoms. The minimum Gasteiger partial charge on any atom is -1.00 e. The van der Waals surface area contributed by atoms with E-state index in [2.05, 4.69) is 77.2 Å². The molecule has 0 spiro atoms. The summed E-state index contributed by atoms with van der Waals surface area (Å²) in [6, 6.07) is 32.1. The van der Waals surface area contributed by atoms with Gasteiger partial charge in [0.2, 0.25) is 12.2 Å². The number of fused-ring (bicyclic) bond motifs is 5. The molecule has 16 nitrogen and oxygen atoms in total. The molecule has 3 heterocycles. The first-order valence-electron chi connectivity index (χ1n) is 22.0. The monoisotopic (exact) mass is 1190 g/mol. The average molecular weight is 1190 g/mol. The van der Waals surface area contributed by atoms with Crippen molar-refractivity contribution in [1.29, 1.82) is 0 Å². The molecule has 0 N–H and O–H groups in total. The van der Waals surface area contributed by atoms with Crippen molar-refractivity contribution < 1.29 is 143 Å². The summed E-state index contributed by atoms with van der Waals surface area (Å²) < 4.78 is 65.8. The summed E-state index contributed by atoms with van der Waals surface area (Å²) in [5, 5.41) is 4.86. The van der Waals surface area contributed by atoms with Crippen molar-refractivity contribution in [1.82, 2.24) is 14.1 Å². The van der Waals surface area contributed by atoms with Crippen LogP contribution in [0.2, 0.25) is 0 Å². The number of allylic oxidation sites excluding steroid dienone is 3. The van der Waals surface area contributed by atoms with Gasteiger partial charge in [-0.15, -0.1) is 0 Å². The van der Waals surface area contributed by atoms with Crippen LogP contribution in [0.5, 0.6) is 0 Å². The molecule has 0 bridgehead atoms. The molecule has 4 aromatic carbocycles. The Morgan fingerprint density at radius 2 is 1.42 bits per heavy atom. The Kier molecular flexibility index (Phi) is 45.4. The van der Waals surface area contributed by atoms with Gasteiger partial charge < -0.3 is 35.7 Å². The van der Waals surface area contributed by atoms with Crippen LogP contribution in [-0.2, 0) is 68.9 Å². The number of nitrogens with zero attached hydrogens (tertiary/aromatic N) is 5. The first-order chi connectivity index (χ1) is 33.3. The number of halogens is 1. The number of ether oxygens (including phenoxy) is 3. The van der Waals surface area contributed by atoms with Gasteiger partial charge in [-0.2, -0.15) is 0 Å². The predicted octanol–water partition coefficient (Wildman–Crippen LogP) is 7.31. The zero-order chi connectivity index (χ0) is 49.9. The standard InChI is InChI=1S/C21H22N3O.C15H17NO5S.C9H9NO2S.C6H8O3.6CH4.2Ar.ClH/c1-13-8-14(2)20(15(3)9-13)24-12-23-19(22-24)11-25-18-10-16-6-4-5-7-17(16)21(18)23;1-2-21-14(17)10-13-12(11-6-4-3-5-7-11)8-9-16(15(13)18)22(19)20;11-13(12)10-8-4-7-9-5-2-1-3-6-9;1-2-9-6(8)4-3-5-7;;;;;;;;;/h4-9,12,18,21H,10-11H2,1-3H3;3-9,12-13H,2,10H2,1H3,(H,19,20);1-8H,(H,11,12);3-5H,2H2,1H3;6*1H4;;;1H/q+1;;;;;;;;;;;;/p-3/b;;7-4+,10-8?;4-3+;;;;;;;;;/t18-,21?;12-,13+;;;;;;;;;;;/m11.........../s1. The summed E-state index contributed by atoms with van der Waals surface area (Å²) in [5.74, 6) is -1.80. The Hall–Kier alpha value is -4.02. The van der Waals surface area contributed by atoms with Crippen LogP contribution >= 0.6 is 0 Å². The minimum absolute atomic E-state index is 0. The van der Waals surface area contributed by atoms with Crippen LogP contribution in [-0.4, -0.2) is 81.3 Å². The molecule has 0 radical (unpaired) electrons. The van der Waals surface area contributed by atoms with Gasteiger partial charge in [-0.25, -0.2) is 18.1 Å². The summed E-state index contributed by atoms with van der Waals surface area (Å²) in [7, 11) is 0. The van der Waals surface area contributed by atoms with Crippen molar-refractivity contribution in [2.24, 2.45) is 10.3 Å². The van der Waals surface area contributed by atoms with Gasteiger partial charge in [0, 0.05) is 111 Å². The summed E-state index contributed by atoms with van der Waals surface area (Å²) in [6.45, 7) is 11.0. The van der Waals surface area contributed by atoms with Gasteiger partial charge in [0.15, 0.2) is 0 Å². The summed E-state index contributed by atoms with van der Waals surface area (Å²) in [5.41, 5.74) is 9.59. The molecule has 1 aliphatic carbocycles. The molecule has 78 heavy (non-hydrogen) atoms. The van der Waals surface area contributed by atoms with E-state index in [0.29, 0.717) is 23.8 Å². The molecule has 0 saturated heterocycles. The van der Waals surface area contributed by atoms with Crippen LogP contribution in [0.25, 0.3) is 11.8 Å². The molecule has 1 aromatic heterocycles. The average Bonchev–Trinajstić information content (AvgIpc) is 3.93. The van der Waals surface area contributed by atoms with E-state index in [4.69, 9.17) is 14.6 Å². The molecule has 5 aromatic rings. The molecular weight excluding hydrogens is 1110 g/mol. The normalized spacial score (nSPS) is 16.4. The number of aldehydes is 1. The van der Waals surface area contributed by atoms with E-state index in [9.17, 15) is 36.7 Å². The molecule has 0 fully saturated rings. The third-order valence-electron chi connectivity index (χ3n) is 10.8. The topological polar surface area (TPSA) is 214 Å². The number of hydrogen-bond acceptors (Lipinski definition) is 12. The Morgan fingerprint density at radius 3 is 1.99 bits per heavy atom. The summed E-state index contributed by atoms with van der Waals surface area (Å²) >= 11 is -5.05. The first kappa shape index (κ1) is 82.8. The van der Waals surface area contributed by atoms with Gasteiger partial charge >= 0.3 is 17.8 Å². The van der Waals surface area contributed by atoms with Gasteiger partial charge in [-0.3, -0.25) is 22.8 Å². The number of amides is 1. The third kappa shape index (κ3) is 24.4. The van der Waals surface area contributed by atoms with Crippen LogP contribution in [0, 0.1) is 102 Å². The molecule has 2 aliphatic heterocycles. The van der Waals surface area contributed by atoms with E-state index < -0.39 is 46.3 Å². The number of esters is 2. The molecule has 0 saturated carbocycles. The van der Waals surface area contributed by atoms with Crippen molar-refractivity contribution in [3.63, 3.8) is 0 Å². The molecule has 434 valence electrons. The van der Waals surface area contributed by atoms with E-state index >= 15 is 0 Å². The molecule has 8 rings (SSSR count). The number of aromatic nitrogens is 3. The molecular formula is C57H78Ar2ClN5O11S2-2. The van der Waals surface area contributed by atoms with Crippen molar-refractivity contribution >= 4 is 59.0 Å². The molecule has 3 unspecified atom stereocenters. The Labute approximate surface area is 535 Å². The molecule has 6 atom stereocenters. The predicted molar refractivity (Wildman–Crippen MR) is 299 cm³/mol. The number of rotatable bonds is 12. The van der Waals surface area contributed by atoms with Crippen molar-refractivity contribution in [2.45, 2.75) is 117 Å². The zero-order valence-electron chi connectivity index (χ0n) is 39.9. The second kappa shape index (κ2) is 42.8. The van der Waals surface area contributed by atoms with Crippen LogP contribution < -0.4 is 17.0 Å². The van der Waals surface area contributed by atoms with Gasteiger partial charge in [-0.05, 0) is 80.2 Å². The van der Waals surface area contributed by atoms with E-state index in [-0.39, 0.29) is 164 Å². The summed E-state index contributed by atoms with van der Waals surface area (Å²) in [4.78, 5) is 44.1. The fraction of sp³-hybridized carbons (Fsp3) is 0.351. The summed E-state index contributed by atoms with van der Waals surface area (Å²) in [6.07, 6.45) is 13.3. The van der Waals surface area contributed by atoms with Gasteiger partial charge in [0.25, 0.3) is 0 Å². The van der Waals surface area contributed by atoms with Gasteiger partial charge in [-0.1, -0.05) is 164 Å². The van der Waals surface area contributed by atoms with Crippen LogP contribution in [0.15, 0.2) is 138 Å². The second-order valence-corrected chi connectivity index (χ2v) is 17.1. The number of benzene rings is 4. The third-order valence-corrected chi connectivity index (χ3v) is 11.8. The fourth-order valence-electron chi connectivity index (χ4n) is 8.12. The number of carbonyl (C=O) groups is 4. The van der Waals surface area contributed by atoms with Crippen LogP contribution in [0.1, 0.15) is 122 Å². The van der Waals surface area contributed by atoms with E-state index in [1.165, 1.54) is 45.9 Å². The zero-order valence-corrected chi connectivity index (χ0v) is 43.7. The SMILES string of the molecule is C.C.C.C.C.C.CCOC(=O)/C=C/C=O.CCOC(=O)C[C@@H]1C(=O)N(S(=O)[O-])C=C[C@@H]1c1ccccc1.Cc1cc(C)c(-n2c[n+]3c(n2)CO[C@@H]2Cc4ccccc4C23)c(C)c1.O=S([O-])N=C/C=C/c1ccccc1.[Ar].[Ar].[Cl-]. The smallest absolute Gasteiger partial charge is 0.330 e. The second-order valence-electron chi connectivity index (χ2n) is 15.6. The van der Waals surface area contributed by atoms with Gasteiger partial charge in [0.1, 0.15) is 30.7 Å². The van der Waals surface area contributed by atoms with Crippen LogP contribution in [0.3, 0.4) is 0 Å². The van der Waals surface area contributed by atoms with Crippen LogP contribution in [0.4, 0.5) is 0 Å². The maximum atomic E-state index is 12.4. The number of carbonyl (C=O) groups excluding carboxylic acids is 4. The largest absolute Gasteiger partial charge is 1.00 e. The Morgan fingerprint density at radius 1 is 0.846 bits per heavy atom. The van der Waals surface area contributed by atoms with Crippen molar-refractivity contribution in [3.8, 4) is 5.69 Å². The van der Waals surface area contributed by atoms with E-state index in [1.807, 2.05) is 65.3 Å². The number of aryl methyl sites for hydroxylation is 3. The van der Waals surface area contributed by atoms with E-state index in [1.54, 1.807) is 32.1 Å². The van der Waals surface area contributed by atoms with Crippen molar-refractivity contribution in [3.05, 3.63) is 179 Å². The Balaban J connectivity index is -0.000000310. The first-order valence-corrected chi connectivity index (χ1v) is 24.0. The maximum absolute atomic E-state index is 12.4. The fourth-order valence-corrected chi connectivity index (χ4v) is 8.75. The molecule has 3 aliphatic rings. The van der Waals surface area contributed by atoms with Crippen molar-refractivity contribution in [2.75, 3.05) is 13.2 Å². The Bertz CT molecular complexity index is 2720. The molecule has 1 amide bonds. The number of hydrogen-bond donors (Lipinski definition) is 0. The van der Waals surface area contributed by atoms with E-state index in [0.717, 1.165) is 35.5 Å².